The Morgan fingerprint density at radius 3 is 2.59 bits per heavy atom. The number of anilines is 1. The monoisotopic (exact) mass is 477 g/mol. The summed E-state index contributed by atoms with van der Waals surface area (Å²) in [5.74, 6) is -0.0826. The number of furan rings is 1. The van der Waals surface area contributed by atoms with Crippen LogP contribution < -0.4 is 10.5 Å². The lowest BCUT2D eigenvalue weighted by molar-refractivity contribution is -0.117. The average molecular weight is 478 g/mol. The number of methoxy groups -OCH3 is 1. The molecule has 2 aromatic heterocycles. The third-order valence-corrected chi connectivity index (χ3v) is 6.42. The number of ether oxygens (including phenoxy) is 1. The van der Waals surface area contributed by atoms with E-state index >= 15 is 0 Å². The summed E-state index contributed by atoms with van der Waals surface area (Å²) in [7, 11) is 3.00. The number of amides is 1. The van der Waals surface area contributed by atoms with Gasteiger partial charge in [0.25, 0.3) is 5.56 Å². The molecule has 8 nitrogen and oxygen atoms in total. The highest BCUT2D eigenvalue weighted by molar-refractivity contribution is 8.00. The van der Waals surface area contributed by atoms with Gasteiger partial charge in [0.1, 0.15) is 5.76 Å². The van der Waals surface area contributed by atoms with Crippen LogP contribution in [0.4, 0.5) is 5.69 Å². The van der Waals surface area contributed by atoms with E-state index in [-0.39, 0.29) is 23.6 Å². The number of benzene rings is 2. The molecule has 2 aromatic carbocycles. The molecule has 2 heterocycles. The Morgan fingerprint density at radius 1 is 1.15 bits per heavy atom. The van der Waals surface area contributed by atoms with Crippen molar-refractivity contribution in [3.8, 4) is 0 Å². The van der Waals surface area contributed by atoms with Gasteiger partial charge in [0.2, 0.25) is 5.91 Å². The van der Waals surface area contributed by atoms with Crippen LogP contribution in [0.1, 0.15) is 23.0 Å². The molecular weight excluding hydrogens is 454 g/mol. The molecule has 0 N–H and O–H groups in total. The maximum Gasteiger partial charge on any atom is 0.337 e. The number of aromatic nitrogens is 2. The van der Waals surface area contributed by atoms with Crippen molar-refractivity contribution in [2.24, 2.45) is 0 Å². The van der Waals surface area contributed by atoms with Gasteiger partial charge in [-0.25, -0.2) is 9.78 Å². The summed E-state index contributed by atoms with van der Waals surface area (Å²) in [5, 5.41) is 0.156. The maximum absolute atomic E-state index is 13.4. The molecule has 4 aromatic rings. The van der Waals surface area contributed by atoms with Crippen molar-refractivity contribution in [1.29, 1.82) is 0 Å². The van der Waals surface area contributed by atoms with Gasteiger partial charge in [0.05, 0.1) is 41.6 Å². The van der Waals surface area contributed by atoms with Gasteiger partial charge < -0.3 is 14.1 Å². The zero-order chi connectivity index (χ0) is 24.2. The largest absolute Gasteiger partial charge is 0.467 e. The minimum atomic E-state index is -0.541. The second kappa shape index (κ2) is 9.96. The summed E-state index contributed by atoms with van der Waals surface area (Å²) >= 11 is 1.17. The molecule has 0 saturated heterocycles. The van der Waals surface area contributed by atoms with Gasteiger partial charge in [-0.2, -0.15) is 0 Å². The zero-order valence-corrected chi connectivity index (χ0v) is 19.7. The van der Waals surface area contributed by atoms with Gasteiger partial charge >= 0.3 is 5.97 Å². The third kappa shape index (κ3) is 4.74. The van der Waals surface area contributed by atoms with Crippen molar-refractivity contribution >= 4 is 40.2 Å². The number of thioether (sulfide) groups is 1. The van der Waals surface area contributed by atoms with E-state index in [9.17, 15) is 14.4 Å². The van der Waals surface area contributed by atoms with Crippen LogP contribution in [0.3, 0.4) is 0 Å². The number of rotatable bonds is 7. The van der Waals surface area contributed by atoms with Crippen molar-refractivity contribution in [3.63, 3.8) is 0 Å². The first-order valence-electron chi connectivity index (χ1n) is 10.5. The Labute approximate surface area is 200 Å². The highest BCUT2D eigenvalue weighted by atomic mass is 32.2. The minimum absolute atomic E-state index is 0.140. The molecule has 9 heteroatoms. The molecule has 34 heavy (non-hydrogen) atoms. The van der Waals surface area contributed by atoms with Crippen LogP contribution in [0.5, 0.6) is 0 Å². The van der Waals surface area contributed by atoms with Crippen LogP contribution in [-0.2, 0) is 16.1 Å². The van der Waals surface area contributed by atoms with E-state index in [1.165, 1.54) is 41.8 Å². The lowest BCUT2D eigenvalue weighted by Gasteiger charge is -2.22. The zero-order valence-electron chi connectivity index (χ0n) is 18.9. The molecule has 1 unspecified atom stereocenters. The standard InChI is InChI=1S/C25H23N3O5S/c1-16(22(29)27(2)18-8-5-4-6-9-18)34-25-26-21-14-17(24(31)32-3)11-12-20(21)23(30)28(25)15-19-10-7-13-33-19/h4-14,16H,15H2,1-3H3. The molecule has 4 rings (SSSR count). The van der Waals surface area contributed by atoms with E-state index in [1.807, 2.05) is 30.3 Å². The Morgan fingerprint density at radius 2 is 1.91 bits per heavy atom. The second-order valence-electron chi connectivity index (χ2n) is 7.58. The molecule has 1 atom stereocenters. The van der Waals surface area contributed by atoms with E-state index in [0.29, 0.717) is 21.8 Å². The highest BCUT2D eigenvalue weighted by Gasteiger charge is 2.23. The van der Waals surface area contributed by atoms with E-state index in [0.717, 1.165) is 5.69 Å². The summed E-state index contributed by atoms with van der Waals surface area (Å²) < 4.78 is 11.7. The quantitative estimate of drug-likeness (QED) is 0.226. The lowest BCUT2D eigenvalue weighted by atomic mass is 10.1. The first-order chi connectivity index (χ1) is 16.4. The molecular formula is C25H23N3O5S. The van der Waals surface area contributed by atoms with E-state index in [4.69, 9.17) is 9.15 Å². The van der Waals surface area contributed by atoms with Gasteiger partial charge in [0.15, 0.2) is 5.16 Å². The van der Waals surface area contributed by atoms with Crippen molar-refractivity contribution in [3.05, 3.63) is 88.6 Å². The summed E-state index contributed by atoms with van der Waals surface area (Å²) in [6.07, 6.45) is 1.53. The second-order valence-corrected chi connectivity index (χ2v) is 8.89. The average Bonchev–Trinajstić information content (AvgIpc) is 3.38. The smallest absolute Gasteiger partial charge is 0.337 e. The Kier molecular flexibility index (Phi) is 6.83. The number of hydrogen-bond donors (Lipinski definition) is 0. The normalized spacial score (nSPS) is 11.9. The van der Waals surface area contributed by atoms with Crippen molar-refractivity contribution in [2.75, 3.05) is 19.1 Å². The number of hydrogen-bond acceptors (Lipinski definition) is 7. The lowest BCUT2D eigenvalue weighted by Crippen LogP contribution is -2.34. The Hall–Kier alpha value is -3.85. The fraction of sp³-hybridized carbons (Fsp3) is 0.200. The number of fused-ring (bicyclic) bond motifs is 1. The van der Waals surface area contributed by atoms with E-state index in [1.54, 1.807) is 37.1 Å². The first kappa shape index (κ1) is 23.3. The molecule has 0 radical (unpaired) electrons. The molecule has 0 aliphatic carbocycles. The molecule has 0 saturated carbocycles. The summed E-state index contributed by atoms with van der Waals surface area (Å²) in [4.78, 5) is 44.7. The fourth-order valence-corrected chi connectivity index (χ4v) is 4.49. The fourth-order valence-electron chi connectivity index (χ4n) is 3.49. The van der Waals surface area contributed by atoms with Gasteiger partial charge in [-0.15, -0.1) is 0 Å². The molecule has 0 fully saturated rings. The minimum Gasteiger partial charge on any atom is -0.467 e. The van der Waals surface area contributed by atoms with Crippen LogP contribution in [0.25, 0.3) is 10.9 Å². The molecule has 0 aliphatic heterocycles. The van der Waals surface area contributed by atoms with Gasteiger partial charge in [-0.1, -0.05) is 30.0 Å². The van der Waals surface area contributed by atoms with Crippen LogP contribution >= 0.6 is 11.8 Å². The predicted molar refractivity (Wildman–Crippen MR) is 130 cm³/mol. The molecule has 0 spiro atoms. The number of carbonyl (C=O) groups excluding carboxylic acids is 2. The number of nitrogens with zero attached hydrogens (tertiary/aromatic N) is 3. The van der Waals surface area contributed by atoms with Gasteiger partial charge in [-0.05, 0) is 49.4 Å². The molecule has 0 bridgehead atoms. The Balaban J connectivity index is 1.74. The van der Waals surface area contributed by atoms with Gasteiger partial charge in [0, 0.05) is 12.7 Å². The van der Waals surface area contributed by atoms with Crippen molar-refractivity contribution in [2.45, 2.75) is 23.9 Å². The summed E-state index contributed by atoms with van der Waals surface area (Å²) in [6.45, 7) is 1.93. The number of esters is 1. The predicted octanol–water partition coefficient (Wildman–Crippen LogP) is 3.97. The van der Waals surface area contributed by atoms with Gasteiger partial charge in [-0.3, -0.25) is 14.2 Å². The first-order valence-corrected chi connectivity index (χ1v) is 11.4. The van der Waals surface area contributed by atoms with E-state index < -0.39 is 11.2 Å². The van der Waals surface area contributed by atoms with Crippen LogP contribution in [0.2, 0.25) is 0 Å². The summed E-state index contributed by atoms with van der Waals surface area (Å²) in [5.41, 5.74) is 1.11. The molecule has 0 aliphatic rings. The molecule has 174 valence electrons. The van der Waals surface area contributed by atoms with Crippen LogP contribution in [0.15, 0.2) is 81.3 Å². The van der Waals surface area contributed by atoms with E-state index in [2.05, 4.69) is 4.98 Å². The van der Waals surface area contributed by atoms with Crippen LogP contribution in [0, 0.1) is 0 Å². The molecule has 1 amide bonds. The third-order valence-electron chi connectivity index (χ3n) is 5.34. The van der Waals surface area contributed by atoms with Crippen LogP contribution in [-0.4, -0.2) is 40.8 Å². The number of para-hydroxylation sites is 1. The van der Waals surface area contributed by atoms with Crippen molar-refractivity contribution < 1.29 is 18.7 Å². The SMILES string of the molecule is COC(=O)c1ccc2c(=O)n(Cc3ccco3)c(SC(C)C(=O)N(C)c3ccccc3)nc2c1. The summed E-state index contributed by atoms with van der Waals surface area (Å²) in [6, 6.07) is 17.4. The van der Waals surface area contributed by atoms with Crippen molar-refractivity contribution in [1.82, 2.24) is 9.55 Å². The maximum atomic E-state index is 13.4. The number of carbonyl (C=O) groups is 2. The highest BCUT2D eigenvalue weighted by Crippen LogP contribution is 2.26. The topological polar surface area (TPSA) is 94.6 Å². The Bertz CT molecular complexity index is 1380.